The first-order valence-corrected chi connectivity index (χ1v) is 9.66. The number of aromatic nitrogens is 2. The van der Waals surface area contributed by atoms with Gasteiger partial charge in [-0.05, 0) is 36.4 Å². The summed E-state index contributed by atoms with van der Waals surface area (Å²) in [4.78, 5) is 31.0. The van der Waals surface area contributed by atoms with Crippen molar-refractivity contribution < 1.29 is 8.83 Å². The third kappa shape index (κ3) is 3.00. The van der Waals surface area contributed by atoms with Gasteiger partial charge in [0, 0.05) is 10.0 Å². The second kappa shape index (κ2) is 6.86. The van der Waals surface area contributed by atoms with Crippen molar-refractivity contribution in [3.05, 3.63) is 97.7 Å². The average molecular weight is 449 g/mol. The highest BCUT2D eigenvalue weighted by Crippen LogP contribution is 2.23. The summed E-state index contributed by atoms with van der Waals surface area (Å²) in [5, 5.41) is 0.274. The van der Waals surface area contributed by atoms with E-state index in [9.17, 15) is 9.59 Å². The minimum atomic E-state index is -0.469. The van der Waals surface area contributed by atoms with Gasteiger partial charge in [-0.3, -0.25) is 14.2 Å². The molecule has 0 aliphatic carbocycles. The Balaban J connectivity index is 1.88. The zero-order chi connectivity index (χ0) is 20.0. The van der Waals surface area contributed by atoms with Crippen LogP contribution in [0.4, 0.5) is 0 Å². The first-order chi connectivity index (χ1) is 14.1. The van der Waals surface area contributed by atoms with Crippen molar-refractivity contribution in [2.45, 2.75) is 6.54 Å². The van der Waals surface area contributed by atoms with E-state index in [4.69, 9.17) is 8.83 Å². The number of benzene rings is 2. The van der Waals surface area contributed by atoms with Gasteiger partial charge in [-0.1, -0.05) is 40.2 Å². The number of para-hydroxylation sites is 1. The van der Waals surface area contributed by atoms with Crippen molar-refractivity contribution >= 4 is 38.0 Å². The highest BCUT2D eigenvalue weighted by molar-refractivity contribution is 9.10. The number of fused-ring (bicyclic) bond motifs is 2. The van der Waals surface area contributed by atoms with E-state index in [1.165, 1.54) is 10.8 Å². The Hall–Kier alpha value is -3.45. The van der Waals surface area contributed by atoms with Crippen LogP contribution in [0.15, 0.2) is 89.8 Å². The standard InChI is InChI=1S/C22H13BrN2O4/c23-14-9-7-13(8-10-14)20-24-21-18(19(26)16-5-1-2-6-17(16)29-21)22(27)25(20)12-15-4-3-11-28-15/h1-11H,12H2. The Kier molecular flexibility index (Phi) is 4.17. The van der Waals surface area contributed by atoms with Gasteiger partial charge in [-0.15, -0.1) is 0 Å². The Bertz CT molecular complexity index is 1470. The van der Waals surface area contributed by atoms with Gasteiger partial charge in [0.1, 0.15) is 17.2 Å². The monoisotopic (exact) mass is 448 g/mol. The van der Waals surface area contributed by atoms with Crippen LogP contribution in [0, 0.1) is 0 Å². The third-order valence-electron chi connectivity index (χ3n) is 4.70. The molecular formula is C22H13BrN2O4. The number of nitrogens with zero attached hydrogens (tertiary/aromatic N) is 2. The van der Waals surface area contributed by atoms with Crippen LogP contribution in [0.1, 0.15) is 5.76 Å². The molecular weight excluding hydrogens is 436 g/mol. The summed E-state index contributed by atoms with van der Waals surface area (Å²) in [7, 11) is 0. The molecule has 29 heavy (non-hydrogen) atoms. The summed E-state index contributed by atoms with van der Waals surface area (Å²) in [5.41, 5.74) is 0.267. The number of hydrogen-bond acceptors (Lipinski definition) is 5. The quantitative estimate of drug-likeness (QED) is 0.377. The van der Waals surface area contributed by atoms with Crippen molar-refractivity contribution in [3.8, 4) is 11.4 Å². The van der Waals surface area contributed by atoms with Gasteiger partial charge in [0.2, 0.25) is 11.1 Å². The molecule has 0 spiro atoms. The average Bonchev–Trinajstić information content (AvgIpc) is 3.24. The molecule has 0 saturated carbocycles. The molecule has 0 N–H and O–H groups in total. The van der Waals surface area contributed by atoms with E-state index in [0.29, 0.717) is 22.6 Å². The maximum absolute atomic E-state index is 13.4. The summed E-state index contributed by atoms with van der Waals surface area (Å²) in [6.07, 6.45) is 1.54. The number of furan rings is 1. The van der Waals surface area contributed by atoms with Gasteiger partial charge in [0.05, 0.1) is 18.2 Å². The lowest BCUT2D eigenvalue weighted by Crippen LogP contribution is -2.28. The maximum Gasteiger partial charge on any atom is 0.269 e. The fourth-order valence-corrected chi connectivity index (χ4v) is 3.57. The van der Waals surface area contributed by atoms with Crippen LogP contribution in [0.3, 0.4) is 0 Å². The van der Waals surface area contributed by atoms with Crippen LogP contribution in [0.25, 0.3) is 33.5 Å². The number of hydrogen-bond donors (Lipinski definition) is 0. The molecule has 0 fully saturated rings. The molecule has 0 aliphatic rings. The van der Waals surface area contributed by atoms with Gasteiger partial charge in [-0.25, -0.2) is 0 Å². The van der Waals surface area contributed by atoms with Gasteiger partial charge in [0.15, 0.2) is 5.39 Å². The van der Waals surface area contributed by atoms with Crippen LogP contribution < -0.4 is 11.0 Å². The predicted octanol–water partition coefficient (Wildman–Crippen LogP) is 4.57. The molecule has 7 heteroatoms. The van der Waals surface area contributed by atoms with Crippen molar-refractivity contribution in [1.29, 1.82) is 0 Å². The molecule has 0 saturated heterocycles. The van der Waals surface area contributed by atoms with Gasteiger partial charge < -0.3 is 8.83 Å². The van der Waals surface area contributed by atoms with Crippen molar-refractivity contribution in [3.63, 3.8) is 0 Å². The second-order valence-corrected chi connectivity index (χ2v) is 7.44. The topological polar surface area (TPSA) is 78.2 Å². The van der Waals surface area contributed by atoms with Crippen LogP contribution in [0.2, 0.25) is 0 Å². The molecule has 0 aliphatic heterocycles. The van der Waals surface area contributed by atoms with Crippen molar-refractivity contribution in [1.82, 2.24) is 9.55 Å². The predicted molar refractivity (Wildman–Crippen MR) is 113 cm³/mol. The van der Waals surface area contributed by atoms with Gasteiger partial charge >= 0.3 is 0 Å². The van der Waals surface area contributed by atoms with Crippen LogP contribution in [-0.4, -0.2) is 9.55 Å². The SMILES string of the molecule is O=c1c2ccccc2oc2nc(-c3ccc(Br)cc3)n(Cc3ccco3)c(=O)c12. The number of halogens is 1. The van der Waals surface area contributed by atoms with E-state index in [1.54, 1.807) is 36.4 Å². The van der Waals surface area contributed by atoms with Crippen LogP contribution >= 0.6 is 15.9 Å². The highest BCUT2D eigenvalue weighted by atomic mass is 79.9. The molecule has 0 amide bonds. The summed E-state index contributed by atoms with van der Waals surface area (Å²) in [6, 6.07) is 17.7. The Morgan fingerprint density at radius 2 is 1.76 bits per heavy atom. The smallest absolute Gasteiger partial charge is 0.269 e. The zero-order valence-corrected chi connectivity index (χ0v) is 16.5. The van der Waals surface area contributed by atoms with E-state index < -0.39 is 11.0 Å². The minimum absolute atomic E-state index is 0.0207. The Morgan fingerprint density at radius 3 is 2.52 bits per heavy atom. The van der Waals surface area contributed by atoms with Crippen LogP contribution in [-0.2, 0) is 6.54 Å². The molecule has 0 radical (unpaired) electrons. The van der Waals surface area contributed by atoms with Crippen molar-refractivity contribution in [2.24, 2.45) is 0 Å². The Labute approximate surface area is 172 Å². The van der Waals surface area contributed by atoms with E-state index in [1.807, 2.05) is 24.3 Å². The maximum atomic E-state index is 13.4. The lowest BCUT2D eigenvalue weighted by Gasteiger charge is -2.12. The highest BCUT2D eigenvalue weighted by Gasteiger charge is 2.19. The van der Waals surface area contributed by atoms with Gasteiger partial charge in [-0.2, -0.15) is 4.98 Å². The largest absolute Gasteiger partial charge is 0.467 e. The summed E-state index contributed by atoms with van der Waals surface area (Å²) >= 11 is 3.41. The molecule has 3 aromatic heterocycles. The second-order valence-electron chi connectivity index (χ2n) is 6.52. The fourth-order valence-electron chi connectivity index (χ4n) is 3.31. The molecule has 5 aromatic rings. The van der Waals surface area contributed by atoms with Crippen molar-refractivity contribution in [2.75, 3.05) is 0 Å². The Morgan fingerprint density at radius 1 is 0.966 bits per heavy atom. The molecule has 2 aromatic carbocycles. The normalized spacial score (nSPS) is 11.3. The first-order valence-electron chi connectivity index (χ1n) is 8.86. The minimum Gasteiger partial charge on any atom is -0.467 e. The molecule has 0 unspecified atom stereocenters. The molecule has 3 heterocycles. The lowest BCUT2D eigenvalue weighted by atomic mass is 10.1. The molecule has 0 bridgehead atoms. The first kappa shape index (κ1) is 17.6. The molecule has 142 valence electrons. The third-order valence-corrected chi connectivity index (χ3v) is 5.23. The van der Waals surface area contributed by atoms with Crippen LogP contribution in [0.5, 0.6) is 0 Å². The van der Waals surface area contributed by atoms with Gasteiger partial charge in [0.25, 0.3) is 5.56 Å². The zero-order valence-electron chi connectivity index (χ0n) is 15.0. The summed E-state index contributed by atoms with van der Waals surface area (Å²) in [5.74, 6) is 0.974. The molecule has 6 nitrogen and oxygen atoms in total. The fraction of sp³-hybridized carbons (Fsp3) is 0.0455. The summed E-state index contributed by atoms with van der Waals surface area (Å²) in [6.45, 7) is 0.145. The lowest BCUT2D eigenvalue weighted by molar-refractivity contribution is 0.489. The van der Waals surface area contributed by atoms with E-state index in [0.717, 1.165) is 10.0 Å². The van der Waals surface area contributed by atoms with E-state index in [-0.39, 0.29) is 17.6 Å². The summed E-state index contributed by atoms with van der Waals surface area (Å²) < 4.78 is 13.6. The number of rotatable bonds is 3. The molecule has 0 atom stereocenters. The molecule has 5 rings (SSSR count). The van der Waals surface area contributed by atoms with E-state index >= 15 is 0 Å². The van der Waals surface area contributed by atoms with E-state index in [2.05, 4.69) is 20.9 Å².